The molecule has 3 nitrogen and oxygen atoms in total. The van der Waals surface area contributed by atoms with E-state index in [1.165, 1.54) is 5.56 Å². The molecule has 1 heterocycles. The number of hydrogen-bond donors (Lipinski definition) is 1. The van der Waals surface area contributed by atoms with E-state index in [-0.39, 0.29) is 5.41 Å². The molecule has 2 rings (SSSR count). The molecule has 1 aliphatic rings. The van der Waals surface area contributed by atoms with Crippen molar-refractivity contribution in [1.29, 1.82) is 0 Å². The molecule has 0 aliphatic carbocycles. The van der Waals surface area contributed by atoms with Crippen LogP contribution >= 0.6 is 0 Å². The van der Waals surface area contributed by atoms with Gasteiger partial charge in [0.2, 0.25) is 0 Å². The van der Waals surface area contributed by atoms with Gasteiger partial charge in [0, 0.05) is 18.6 Å². The van der Waals surface area contributed by atoms with E-state index in [1.807, 2.05) is 6.07 Å². The van der Waals surface area contributed by atoms with Gasteiger partial charge in [-0.15, -0.1) is 0 Å². The predicted molar refractivity (Wildman–Crippen MR) is 87.0 cm³/mol. The molecule has 2 atom stereocenters. The molecule has 0 aromatic heterocycles. The second kappa shape index (κ2) is 7.28. The zero-order chi connectivity index (χ0) is 15.3. The smallest absolute Gasteiger partial charge is 0.119 e. The second-order valence-corrected chi connectivity index (χ2v) is 6.88. The maximum Gasteiger partial charge on any atom is 0.119 e. The molecule has 1 aliphatic heterocycles. The summed E-state index contributed by atoms with van der Waals surface area (Å²) >= 11 is 0. The average molecular weight is 291 g/mol. The first kappa shape index (κ1) is 16.3. The monoisotopic (exact) mass is 291 g/mol. The molecular weight excluding hydrogens is 262 g/mol. The molecule has 3 heteroatoms. The van der Waals surface area contributed by atoms with Gasteiger partial charge in [0.15, 0.2) is 0 Å². The minimum atomic E-state index is 0.153. The molecule has 1 aromatic rings. The third-order valence-corrected chi connectivity index (χ3v) is 4.13. The van der Waals surface area contributed by atoms with Gasteiger partial charge in [-0.2, -0.15) is 0 Å². The van der Waals surface area contributed by atoms with Gasteiger partial charge >= 0.3 is 0 Å². The molecule has 118 valence electrons. The first-order valence-corrected chi connectivity index (χ1v) is 8.05. The van der Waals surface area contributed by atoms with Crippen molar-refractivity contribution >= 4 is 0 Å². The predicted octanol–water partition coefficient (Wildman–Crippen LogP) is 3.38. The van der Waals surface area contributed by atoms with Crippen LogP contribution in [-0.4, -0.2) is 32.4 Å². The third kappa shape index (κ3) is 4.72. The summed E-state index contributed by atoms with van der Waals surface area (Å²) in [5.74, 6) is 1.53. The van der Waals surface area contributed by atoms with Crippen molar-refractivity contribution in [2.75, 3.05) is 26.4 Å². The maximum atomic E-state index is 6.05. The van der Waals surface area contributed by atoms with E-state index in [9.17, 15) is 0 Å². The lowest BCUT2D eigenvalue weighted by molar-refractivity contribution is 0.161. The highest BCUT2D eigenvalue weighted by atomic mass is 16.5. The van der Waals surface area contributed by atoms with Crippen LogP contribution in [0.3, 0.4) is 0 Å². The molecule has 2 unspecified atom stereocenters. The highest BCUT2D eigenvalue weighted by molar-refractivity contribution is 5.32. The Kier molecular flexibility index (Phi) is 5.65. The topological polar surface area (TPSA) is 30.5 Å². The summed E-state index contributed by atoms with van der Waals surface area (Å²) in [6.45, 7) is 12.2. The van der Waals surface area contributed by atoms with Crippen molar-refractivity contribution in [3.63, 3.8) is 0 Å². The minimum absolute atomic E-state index is 0.153. The quantitative estimate of drug-likeness (QED) is 0.871. The van der Waals surface area contributed by atoms with Gasteiger partial charge in [-0.25, -0.2) is 0 Å². The fourth-order valence-electron chi connectivity index (χ4n) is 2.73. The van der Waals surface area contributed by atoms with Crippen molar-refractivity contribution in [1.82, 2.24) is 5.32 Å². The van der Waals surface area contributed by atoms with Gasteiger partial charge in [-0.3, -0.25) is 0 Å². The minimum Gasteiger partial charge on any atom is -0.492 e. The molecule has 1 saturated heterocycles. The lowest BCUT2D eigenvalue weighted by atomic mass is 9.87. The van der Waals surface area contributed by atoms with Gasteiger partial charge < -0.3 is 14.8 Å². The van der Waals surface area contributed by atoms with E-state index < -0.39 is 0 Å². The molecule has 0 spiro atoms. The summed E-state index contributed by atoms with van der Waals surface area (Å²) in [5.41, 5.74) is 1.46. The van der Waals surface area contributed by atoms with Crippen LogP contribution in [-0.2, 0) is 10.2 Å². The molecule has 0 radical (unpaired) electrons. The highest BCUT2D eigenvalue weighted by Gasteiger charge is 2.25. The Balaban J connectivity index is 1.97. The number of rotatable bonds is 6. The standard InChI is InChI=1S/C18H29NO2/c1-5-19-17(14-9-10-20-12-14)13-21-16-8-6-7-15(11-16)18(2,3)4/h6-8,11,14,17,19H,5,9-10,12-13H2,1-4H3. The van der Waals surface area contributed by atoms with Crippen LogP contribution < -0.4 is 10.1 Å². The Morgan fingerprint density at radius 1 is 1.38 bits per heavy atom. The molecule has 0 bridgehead atoms. The lowest BCUT2D eigenvalue weighted by Crippen LogP contribution is -2.41. The summed E-state index contributed by atoms with van der Waals surface area (Å²) in [6.07, 6.45) is 1.13. The summed E-state index contributed by atoms with van der Waals surface area (Å²) in [5, 5.41) is 3.53. The first-order chi connectivity index (χ1) is 10.0. The third-order valence-electron chi connectivity index (χ3n) is 4.13. The van der Waals surface area contributed by atoms with Gasteiger partial charge in [0.1, 0.15) is 12.4 Å². The van der Waals surface area contributed by atoms with Crippen molar-refractivity contribution in [2.45, 2.75) is 45.6 Å². The van der Waals surface area contributed by atoms with E-state index in [1.54, 1.807) is 0 Å². The van der Waals surface area contributed by atoms with E-state index >= 15 is 0 Å². The Bertz CT molecular complexity index is 433. The van der Waals surface area contributed by atoms with Crippen molar-refractivity contribution in [3.8, 4) is 5.75 Å². The number of hydrogen-bond acceptors (Lipinski definition) is 3. The molecule has 0 saturated carbocycles. The van der Waals surface area contributed by atoms with Crippen molar-refractivity contribution < 1.29 is 9.47 Å². The van der Waals surface area contributed by atoms with Gasteiger partial charge in [-0.1, -0.05) is 39.8 Å². The normalized spacial score (nSPS) is 20.5. The zero-order valence-corrected chi connectivity index (χ0v) is 13.8. The van der Waals surface area contributed by atoms with Crippen molar-refractivity contribution in [2.24, 2.45) is 5.92 Å². The summed E-state index contributed by atoms with van der Waals surface area (Å²) < 4.78 is 11.6. The van der Waals surface area contributed by atoms with Gasteiger partial charge in [-0.05, 0) is 36.1 Å². The SMILES string of the molecule is CCNC(COc1cccc(C(C)(C)C)c1)C1CCOC1. The zero-order valence-electron chi connectivity index (χ0n) is 13.8. The van der Waals surface area contributed by atoms with Crippen LogP contribution in [0.4, 0.5) is 0 Å². The van der Waals surface area contributed by atoms with E-state index in [0.29, 0.717) is 18.6 Å². The van der Waals surface area contributed by atoms with E-state index in [4.69, 9.17) is 9.47 Å². The van der Waals surface area contributed by atoms with Crippen LogP contribution in [0.5, 0.6) is 5.75 Å². The number of ether oxygens (including phenoxy) is 2. The molecule has 1 fully saturated rings. The molecular formula is C18H29NO2. The molecule has 1 N–H and O–H groups in total. The Morgan fingerprint density at radius 2 is 2.19 bits per heavy atom. The van der Waals surface area contributed by atoms with Crippen LogP contribution in [0.15, 0.2) is 24.3 Å². The largest absolute Gasteiger partial charge is 0.492 e. The fraction of sp³-hybridized carbons (Fsp3) is 0.667. The van der Waals surface area contributed by atoms with E-state index in [2.05, 4.69) is 51.2 Å². The second-order valence-electron chi connectivity index (χ2n) is 6.88. The summed E-state index contributed by atoms with van der Waals surface area (Å²) in [6, 6.07) is 8.82. The summed E-state index contributed by atoms with van der Waals surface area (Å²) in [7, 11) is 0. The number of benzene rings is 1. The Labute approximate surface area is 129 Å². The fourth-order valence-corrected chi connectivity index (χ4v) is 2.73. The van der Waals surface area contributed by atoms with Crippen LogP contribution in [0.1, 0.15) is 39.7 Å². The van der Waals surface area contributed by atoms with Gasteiger partial charge in [0.25, 0.3) is 0 Å². The average Bonchev–Trinajstić information content (AvgIpc) is 2.97. The van der Waals surface area contributed by atoms with Crippen LogP contribution in [0.2, 0.25) is 0 Å². The van der Waals surface area contributed by atoms with Crippen molar-refractivity contribution in [3.05, 3.63) is 29.8 Å². The maximum absolute atomic E-state index is 6.05. The molecule has 0 amide bonds. The lowest BCUT2D eigenvalue weighted by Gasteiger charge is -2.24. The van der Waals surface area contributed by atoms with Gasteiger partial charge in [0.05, 0.1) is 6.61 Å². The van der Waals surface area contributed by atoms with E-state index in [0.717, 1.165) is 31.9 Å². The molecule has 1 aromatic carbocycles. The Morgan fingerprint density at radius 3 is 2.81 bits per heavy atom. The van der Waals surface area contributed by atoms with Crippen LogP contribution in [0, 0.1) is 5.92 Å². The van der Waals surface area contributed by atoms with Crippen LogP contribution in [0.25, 0.3) is 0 Å². The number of nitrogens with one attached hydrogen (secondary N) is 1. The number of likely N-dealkylation sites (N-methyl/N-ethyl adjacent to an activating group) is 1. The molecule has 21 heavy (non-hydrogen) atoms. The first-order valence-electron chi connectivity index (χ1n) is 8.05. The Hall–Kier alpha value is -1.06. The summed E-state index contributed by atoms with van der Waals surface area (Å²) in [4.78, 5) is 0. The highest BCUT2D eigenvalue weighted by Crippen LogP contribution is 2.26.